The highest BCUT2D eigenvalue weighted by Gasteiger charge is 2.26. The maximum Gasteiger partial charge on any atom is 0.230 e. The summed E-state index contributed by atoms with van der Waals surface area (Å²) in [4.78, 5) is 24.0. The number of hydrogen-bond donors (Lipinski definition) is 3. The Morgan fingerprint density at radius 2 is 1.77 bits per heavy atom. The molecule has 5 heteroatoms. The van der Waals surface area contributed by atoms with Gasteiger partial charge in [-0.15, -0.1) is 0 Å². The van der Waals surface area contributed by atoms with E-state index in [2.05, 4.69) is 16.0 Å². The molecule has 3 N–H and O–H groups in total. The maximum absolute atomic E-state index is 12.6. The van der Waals surface area contributed by atoms with Crippen LogP contribution >= 0.6 is 0 Å². The minimum Gasteiger partial charge on any atom is -0.383 e. The highest BCUT2D eigenvalue weighted by atomic mass is 16.2. The number of carbonyl (C=O) groups excluding carboxylic acids is 2. The van der Waals surface area contributed by atoms with Crippen molar-refractivity contribution in [2.45, 2.75) is 66.2 Å². The first-order valence-corrected chi connectivity index (χ1v) is 9.79. The number of amides is 2. The third-order valence-corrected chi connectivity index (χ3v) is 5.39. The van der Waals surface area contributed by atoms with Crippen LogP contribution in [0.2, 0.25) is 0 Å². The smallest absolute Gasteiger partial charge is 0.230 e. The Balaban J connectivity index is 2.16. The van der Waals surface area contributed by atoms with E-state index in [-0.39, 0.29) is 11.8 Å². The van der Waals surface area contributed by atoms with Crippen LogP contribution in [0.4, 0.5) is 17.1 Å². The molecule has 0 bridgehead atoms. The van der Waals surface area contributed by atoms with Crippen molar-refractivity contribution in [1.29, 1.82) is 0 Å². The lowest BCUT2D eigenvalue weighted by atomic mass is 9.89. The maximum atomic E-state index is 12.6. The molecule has 1 aromatic carbocycles. The highest BCUT2D eigenvalue weighted by molar-refractivity contribution is 5.99. The summed E-state index contributed by atoms with van der Waals surface area (Å²) < 4.78 is 0. The Bertz CT molecular complexity index is 634. The highest BCUT2D eigenvalue weighted by Crippen LogP contribution is 2.31. The molecule has 144 valence electrons. The molecule has 1 fully saturated rings. The molecular formula is C21H33N3O2. The molecule has 1 aliphatic rings. The van der Waals surface area contributed by atoms with Crippen molar-refractivity contribution in [1.82, 2.24) is 0 Å². The van der Waals surface area contributed by atoms with Crippen LogP contribution in [0.1, 0.15) is 66.2 Å². The molecule has 5 nitrogen and oxygen atoms in total. The fraction of sp³-hybridized carbons (Fsp3) is 0.619. The van der Waals surface area contributed by atoms with E-state index in [1.54, 1.807) is 0 Å². The summed E-state index contributed by atoms with van der Waals surface area (Å²) in [5.41, 5.74) is 1.87. The lowest BCUT2D eigenvalue weighted by molar-refractivity contribution is -0.124. The van der Waals surface area contributed by atoms with Gasteiger partial charge in [0.1, 0.15) is 0 Å². The van der Waals surface area contributed by atoms with Gasteiger partial charge in [-0.3, -0.25) is 9.59 Å². The third-order valence-electron chi connectivity index (χ3n) is 5.39. The average Bonchev–Trinajstić information content (AvgIpc) is 2.61. The van der Waals surface area contributed by atoms with Gasteiger partial charge in [-0.05, 0) is 43.4 Å². The summed E-state index contributed by atoms with van der Waals surface area (Å²) >= 11 is 0. The average molecular weight is 360 g/mol. The molecule has 1 aliphatic carbocycles. The van der Waals surface area contributed by atoms with Crippen molar-refractivity contribution in [3.63, 3.8) is 0 Å². The van der Waals surface area contributed by atoms with E-state index in [4.69, 9.17) is 0 Å². The van der Waals surface area contributed by atoms with Crippen LogP contribution in [0.25, 0.3) is 0 Å². The van der Waals surface area contributed by atoms with Crippen molar-refractivity contribution in [3.8, 4) is 0 Å². The predicted molar refractivity (Wildman–Crippen MR) is 109 cm³/mol. The van der Waals surface area contributed by atoms with Crippen molar-refractivity contribution >= 4 is 28.9 Å². The summed E-state index contributed by atoms with van der Waals surface area (Å²) in [6, 6.07) is 5.63. The molecule has 0 unspecified atom stereocenters. The van der Waals surface area contributed by atoms with Gasteiger partial charge in [0, 0.05) is 24.6 Å². The van der Waals surface area contributed by atoms with Gasteiger partial charge in [-0.1, -0.05) is 40.0 Å². The van der Waals surface area contributed by atoms with Gasteiger partial charge in [-0.2, -0.15) is 0 Å². The fourth-order valence-electron chi connectivity index (χ4n) is 3.18. The predicted octanol–water partition coefficient (Wildman–Crippen LogP) is 5.01. The largest absolute Gasteiger partial charge is 0.383 e. The van der Waals surface area contributed by atoms with Crippen molar-refractivity contribution in [2.24, 2.45) is 11.3 Å². The molecule has 26 heavy (non-hydrogen) atoms. The minimum atomic E-state index is -0.440. The molecule has 1 aromatic rings. The summed E-state index contributed by atoms with van der Waals surface area (Å²) in [6.45, 7) is 8.28. The summed E-state index contributed by atoms with van der Waals surface area (Å²) in [7, 11) is 0. The monoisotopic (exact) mass is 359 g/mol. The van der Waals surface area contributed by atoms with Crippen LogP contribution < -0.4 is 16.0 Å². The SMILES string of the molecule is CCC(C)(C)C(=O)Nc1cc(NC(C)=O)ccc1NCC1CCCCC1. The van der Waals surface area contributed by atoms with Gasteiger partial charge in [0.2, 0.25) is 11.8 Å². The Morgan fingerprint density at radius 1 is 1.08 bits per heavy atom. The summed E-state index contributed by atoms with van der Waals surface area (Å²) in [5, 5.41) is 9.35. The van der Waals surface area contributed by atoms with E-state index in [0.29, 0.717) is 11.6 Å². The van der Waals surface area contributed by atoms with E-state index >= 15 is 0 Å². The molecular weight excluding hydrogens is 326 g/mol. The lowest BCUT2D eigenvalue weighted by Gasteiger charge is -2.25. The van der Waals surface area contributed by atoms with Gasteiger partial charge >= 0.3 is 0 Å². The number of hydrogen-bond acceptors (Lipinski definition) is 3. The minimum absolute atomic E-state index is 0.0132. The van der Waals surface area contributed by atoms with Gasteiger partial charge in [-0.25, -0.2) is 0 Å². The Morgan fingerprint density at radius 3 is 2.38 bits per heavy atom. The van der Waals surface area contributed by atoms with Gasteiger partial charge < -0.3 is 16.0 Å². The zero-order chi connectivity index (χ0) is 19.2. The molecule has 0 heterocycles. The van der Waals surface area contributed by atoms with E-state index in [1.807, 2.05) is 39.0 Å². The first kappa shape index (κ1) is 20.3. The quantitative estimate of drug-likeness (QED) is 0.641. The number of anilines is 3. The second-order valence-corrected chi connectivity index (χ2v) is 8.02. The second-order valence-electron chi connectivity index (χ2n) is 8.02. The summed E-state index contributed by atoms with van der Waals surface area (Å²) in [5.74, 6) is 0.550. The topological polar surface area (TPSA) is 70.2 Å². The molecule has 2 amide bonds. The van der Waals surface area contributed by atoms with Crippen LogP contribution in [0.5, 0.6) is 0 Å². The molecule has 0 aromatic heterocycles. The van der Waals surface area contributed by atoms with Gasteiger partial charge in [0.25, 0.3) is 0 Å². The first-order chi connectivity index (χ1) is 12.3. The Labute approximate surface area is 157 Å². The fourth-order valence-corrected chi connectivity index (χ4v) is 3.18. The van der Waals surface area contributed by atoms with Crippen molar-refractivity contribution in [2.75, 3.05) is 22.5 Å². The third kappa shape index (κ3) is 5.75. The molecule has 1 saturated carbocycles. The van der Waals surface area contributed by atoms with E-state index < -0.39 is 5.41 Å². The Hall–Kier alpha value is -2.04. The number of nitrogens with one attached hydrogen (secondary N) is 3. The van der Waals surface area contributed by atoms with Crippen molar-refractivity contribution < 1.29 is 9.59 Å². The van der Waals surface area contributed by atoms with Crippen LogP contribution in [-0.4, -0.2) is 18.4 Å². The van der Waals surface area contributed by atoms with Crippen molar-refractivity contribution in [3.05, 3.63) is 18.2 Å². The zero-order valence-electron chi connectivity index (χ0n) is 16.6. The molecule has 0 aliphatic heterocycles. The molecule has 0 atom stereocenters. The van der Waals surface area contributed by atoms with Crippen LogP contribution in [-0.2, 0) is 9.59 Å². The van der Waals surface area contributed by atoms with Crippen LogP contribution in [0, 0.1) is 11.3 Å². The number of carbonyl (C=O) groups is 2. The standard InChI is InChI=1S/C21H33N3O2/c1-5-21(3,4)20(26)24-19-13-17(23-15(2)25)11-12-18(19)22-14-16-9-7-6-8-10-16/h11-13,16,22H,5-10,14H2,1-4H3,(H,23,25)(H,24,26). The van der Waals surface area contributed by atoms with Gasteiger partial charge in [0.05, 0.1) is 11.4 Å². The molecule has 0 spiro atoms. The lowest BCUT2D eigenvalue weighted by Crippen LogP contribution is -2.30. The number of benzene rings is 1. The first-order valence-electron chi connectivity index (χ1n) is 9.79. The van der Waals surface area contributed by atoms with Gasteiger partial charge in [0.15, 0.2) is 0 Å². The zero-order valence-corrected chi connectivity index (χ0v) is 16.6. The van der Waals surface area contributed by atoms with Crippen LogP contribution in [0.15, 0.2) is 18.2 Å². The van der Waals surface area contributed by atoms with Crippen LogP contribution in [0.3, 0.4) is 0 Å². The summed E-state index contributed by atoms with van der Waals surface area (Å²) in [6.07, 6.45) is 7.25. The van der Waals surface area contributed by atoms with E-state index in [0.717, 1.165) is 24.3 Å². The normalized spacial score (nSPS) is 15.4. The van der Waals surface area contributed by atoms with E-state index in [9.17, 15) is 9.59 Å². The Kier molecular flexibility index (Phi) is 7.06. The number of rotatable bonds is 7. The molecule has 0 radical (unpaired) electrons. The van der Waals surface area contributed by atoms with E-state index in [1.165, 1.54) is 39.0 Å². The molecule has 2 rings (SSSR count). The second kappa shape index (κ2) is 9.06. The molecule has 0 saturated heterocycles.